The Morgan fingerprint density at radius 1 is 1.18 bits per heavy atom. The number of amides is 1. The first kappa shape index (κ1) is 21.9. The van der Waals surface area contributed by atoms with E-state index in [-0.39, 0.29) is 11.7 Å². The number of anilines is 1. The summed E-state index contributed by atoms with van der Waals surface area (Å²) >= 11 is 12.6. The normalized spacial score (nSPS) is 18.8. The molecule has 170 valence electrons. The van der Waals surface area contributed by atoms with Gasteiger partial charge in [0.15, 0.2) is 0 Å². The molecular formula is C23H22Cl2N6O2. The van der Waals surface area contributed by atoms with Crippen molar-refractivity contribution in [3.63, 3.8) is 0 Å². The number of nitrogens with zero attached hydrogens (tertiary/aromatic N) is 4. The van der Waals surface area contributed by atoms with Crippen LogP contribution in [0.1, 0.15) is 40.6 Å². The second-order valence-corrected chi connectivity index (χ2v) is 9.11. The van der Waals surface area contributed by atoms with Crippen molar-refractivity contribution < 1.29 is 9.53 Å². The predicted molar refractivity (Wildman–Crippen MR) is 127 cm³/mol. The molecule has 0 aliphatic carbocycles. The summed E-state index contributed by atoms with van der Waals surface area (Å²) in [5, 5.41) is 0.694. The van der Waals surface area contributed by atoms with Crippen molar-refractivity contribution in [2.75, 3.05) is 18.0 Å². The monoisotopic (exact) mass is 484 g/mol. The first-order valence-corrected chi connectivity index (χ1v) is 11.3. The van der Waals surface area contributed by atoms with Crippen molar-refractivity contribution in [1.82, 2.24) is 15.0 Å². The lowest BCUT2D eigenvalue weighted by Crippen LogP contribution is -2.52. The van der Waals surface area contributed by atoms with Crippen molar-refractivity contribution in [3.8, 4) is 17.0 Å². The van der Waals surface area contributed by atoms with E-state index in [0.717, 1.165) is 5.56 Å². The fourth-order valence-electron chi connectivity index (χ4n) is 4.66. The number of piperidine rings is 1. The molecule has 1 fully saturated rings. The van der Waals surface area contributed by atoms with Crippen LogP contribution in [0.2, 0.25) is 10.0 Å². The van der Waals surface area contributed by atoms with Gasteiger partial charge in [-0.25, -0.2) is 15.0 Å². The summed E-state index contributed by atoms with van der Waals surface area (Å²) in [4.78, 5) is 27.9. The van der Waals surface area contributed by atoms with Gasteiger partial charge in [-0.2, -0.15) is 0 Å². The van der Waals surface area contributed by atoms with Gasteiger partial charge in [-0.1, -0.05) is 41.4 Å². The lowest BCUT2D eigenvalue weighted by molar-refractivity contribution is 0.0396. The van der Waals surface area contributed by atoms with E-state index in [9.17, 15) is 4.79 Å². The van der Waals surface area contributed by atoms with Gasteiger partial charge in [-0.05, 0) is 19.1 Å². The van der Waals surface area contributed by atoms with E-state index in [1.54, 1.807) is 31.3 Å². The molecule has 3 aromatic rings. The maximum Gasteiger partial charge on any atom is 0.268 e. The Bertz CT molecular complexity index is 1260. The van der Waals surface area contributed by atoms with E-state index >= 15 is 0 Å². The third-order valence-electron chi connectivity index (χ3n) is 6.43. The van der Waals surface area contributed by atoms with Crippen LogP contribution in [0, 0.1) is 6.92 Å². The van der Waals surface area contributed by atoms with E-state index in [2.05, 4.69) is 15.0 Å². The average Bonchev–Trinajstić information content (AvgIpc) is 3.07. The SMILES string of the molecule is Cc1nc(N2CCC3(CC2)Oc2ncccc2C3N)nc(C(N)=O)c1-c1cccc(Cl)c1Cl. The Hall–Kier alpha value is -2.94. The van der Waals surface area contributed by atoms with Crippen LogP contribution in [-0.4, -0.2) is 39.5 Å². The molecule has 1 aromatic carbocycles. The number of carbonyl (C=O) groups excluding carboxylic acids is 1. The number of primary amides is 1. The van der Waals surface area contributed by atoms with Crippen LogP contribution < -0.4 is 21.1 Å². The van der Waals surface area contributed by atoms with Crippen molar-refractivity contribution >= 4 is 35.1 Å². The fourth-order valence-corrected chi connectivity index (χ4v) is 5.06. The highest BCUT2D eigenvalue weighted by Crippen LogP contribution is 2.46. The molecule has 0 saturated carbocycles. The number of rotatable bonds is 3. The Labute approximate surface area is 200 Å². The van der Waals surface area contributed by atoms with Crippen LogP contribution in [0.4, 0.5) is 5.95 Å². The standard InChI is InChI=1S/C23H22Cl2N6O2/c1-12-16(13-4-2-6-15(24)17(13)25)18(20(27)32)30-22(29-12)31-10-7-23(8-11-31)19(26)14-5-3-9-28-21(14)33-23/h2-6,9,19H,7-8,10-11,26H2,1H3,(H2,27,32). The van der Waals surface area contributed by atoms with E-state index in [0.29, 0.717) is 64.6 Å². The minimum atomic E-state index is -0.663. The third kappa shape index (κ3) is 3.58. The maximum absolute atomic E-state index is 12.3. The van der Waals surface area contributed by atoms with Crippen LogP contribution in [0.15, 0.2) is 36.5 Å². The number of halogens is 2. The molecule has 1 atom stereocenters. The van der Waals surface area contributed by atoms with Gasteiger partial charge in [0.2, 0.25) is 11.8 Å². The van der Waals surface area contributed by atoms with Gasteiger partial charge in [0.25, 0.3) is 5.91 Å². The highest BCUT2D eigenvalue weighted by Gasteiger charge is 2.49. The Balaban J connectivity index is 1.45. The Kier molecular flexibility index (Phi) is 5.39. The Morgan fingerprint density at radius 3 is 2.64 bits per heavy atom. The van der Waals surface area contributed by atoms with Crippen molar-refractivity contribution in [3.05, 3.63) is 63.5 Å². The maximum atomic E-state index is 12.3. The molecule has 1 amide bonds. The molecule has 10 heteroatoms. The lowest BCUT2D eigenvalue weighted by atomic mass is 9.83. The Morgan fingerprint density at radius 2 is 1.94 bits per heavy atom. The van der Waals surface area contributed by atoms with Crippen LogP contribution >= 0.6 is 23.2 Å². The number of benzene rings is 1. The smallest absolute Gasteiger partial charge is 0.268 e. The highest BCUT2D eigenvalue weighted by molar-refractivity contribution is 6.43. The second kappa shape index (κ2) is 8.13. The average molecular weight is 485 g/mol. The predicted octanol–water partition coefficient (Wildman–Crippen LogP) is 3.68. The van der Waals surface area contributed by atoms with Gasteiger partial charge in [0.05, 0.1) is 21.8 Å². The number of carbonyl (C=O) groups is 1. The van der Waals surface area contributed by atoms with E-state index in [1.165, 1.54) is 0 Å². The molecule has 4 N–H and O–H groups in total. The largest absolute Gasteiger partial charge is 0.469 e. The van der Waals surface area contributed by atoms with Gasteiger partial charge in [0, 0.05) is 48.8 Å². The number of aryl methyl sites for hydroxylation is 1. The zero-order valence-corrected chi connectivity index (χ0v) is 19.4. The fraction of sp³-hybridized carbons (Fsp3) is 0.304. The van der Waals surface area contributed by atoms with Gasteiger partial charge in [-0.3, -0.25) is 4.79 Å². The lowest BCUT2D eigenvalue weighted by Gasteiger charge is -2.40. The van der Waals surface area contributed by atoms with Gasteiger partial charge in [-0.15, -0.1) is 0 Å². The van der Waals surface area contributed by atoms with Gasteiger partial charge in [0.1, 0.15) is 11.3 Å². The number of hydrogen-bond donors (Lipinski definition) is 2. The number of pyridine rings is 1. The molecular weight excluding hydrogens is 463 g/mol. The van der Waals surface area contributed by atoms with E-state index < -0.39 is 11.5 Å². The number of hydrogen-bond acceptors (Lipinski definition) is 7. The van der Waals surface area contributed by atoms with Crippen LogP contribution in [-0.2, 0) is 0 Å². The molecule has 1 saturated heterocycles. The van der Waals surface area contributed by atoms with Crippen LogP contribution in [0.3, 0.4) is 0 Å². The summed E-state index contributed by atoms with van der Waals surface area (Å²) in [5.74, 6) is 0.369. The molecule has 8 nitrogen and oxygen atoms in total. The summed E-state index contributed by atoms with van der Waals surface area (Å²) < 4.78 is 6.21. The molecule has 33 heavy (non-hydrogen) atoms. The minimum absolute atomic E-state index is 0.104. The number of nitrogens with two attached hydrogens (primary N) is 2. The zero-order valence-electron chi connectivity index (χ0n) is 17.9. The first-order valence-electron chi connectivity index (χ1n) is 10.6. The first-order chi connectivity index (χ1) is 15.8. The van der Waals surface area contributed by atoms with Crippen LogP contribution in [0.25, 0.3) is 11.1 Å². The summed E-state index contributed by atoms with van der Waals surface area (Å²) in [6.07, 6.45) is 3.04. The molecule has 0 radical (unpaired) electrons. The summed E-state index contributed by atoms with van der Waals surface area (Å²) in [5.41, 5.74) is 14.4. The topological polar surface area (TPSA) is 120 Å². The van der Waals surface area contributed by atoms with E-state index in [1.807, 2.05) is 17.0 Å². The van der Waals surface area contributed by atoms with Gasteiger partial charge < -0.3 is 21.1 Å². The third-order valence-corrected chi connectivity index (χ3v) is 7.25. The summed E-state index contributed by atoms with van der Waals surface area (Å²) in [6.45, 7) is 3.02. The molecule has 2 aromatic heterocycles. The van der Waals surface area contributed by atoms with E-state index in [4.69, 9.17) is 39.4 Å². The molecule has 2 aliphatic heterocycles. The van der Waals surface area contributed by atoms with Crippen molar-refractivity contribution in [2.24, 2.45) is 11.5 Å². The molecule has 1 unspecified atom stereocenters. The zero-order chi connectivity index (χ0) is 23.3. The molecule has 1 spiro atoms. The molecule has 0 bridgehead atoms. The van der Waals surface area contributed by atoms with Crippen molar-refractivity contribution in [2.45, 2.75) is 31.4 Å². The number of fused-ring (bicyclic) bond motifs is 1. The van der Waals surface area contributed by atoms with Crippen LogP contribution in [0.5, 0.6) is 5.88 Å². The highest BCUT2D eigenvalue weighted by atomic mass is 35.5. The minimum Gasteiger partial charge on any atom is -0.469 e. The summed E-state index contributed by atoms with van der Waals surface area (Å²) in [6, 6.07) is 8.77. The van der Waals surface area contributed by atoms with Gasteiger partial charge >= 0.3 is 0 Å². The van der Waals surface area contributed by atoms with Crippen molar-refractivity contribution in [1.29, 1.82) is 0 Å². The molecule has 2 aliphatic rings. The second-order valence-electron chi connectivity index (χ2n) is 8.33. The quantitative estimate of drug-likeness (QED) is 0.581. The number of aromatic nitrogens is 3. The number of ether oxygens (including phenoxy) is 1. The summed E-state index contributed by atoms with van der Waals surface area (Å²) in [7, 11) is 0. The molecule has 4 heterocycles. The molecule has 5 rings (SSSR count).